The summed E-state index contributed by atoms with van der Waals surface area (Å²) in [5, 5.41) is 0. The Balaban J connectivity index is 2.50. The van der Waals surface area contributed by atoms with Crippen molar-refractivity contribution in [2.75, 3.05) is 40.3 Å². The van der Waals surface area contributed by atoms with Gasteiger partial charge in [0, 0.05) is 31.7 Å². The van der Waals surface area contributed by atoms with Gasteiger partial charge in [-0.15, -0.1) is 6.58 Å². The molecule has 3 heteroatoms. The second-order valence-corrected chi connectivity index (χ2v) is 4.41. The van der Waals surface area contributed by atoms with Crippen LogP contribution in [0.4, 0.5) is 0 Å². The molecule has 1 fully saturated rings. The molecule has 82 valence electrons. The highest BCUT2D eigenvalue weighted by Gasteiger charge is 2.34. The van der Waals surface area contributed by atoms with Gasteiger partial charge in [0.1, 0.15) is 0 Å². The summed E-state index contributed by atoms with van der Waals surface area (Å²) in [5.41, 5.74) is 6.11. The summed E-state index contributed by atoms with van der Waals surface area (Å²) in [7, 11) is 4.27. The van der Waals surface area contributed by atoms with E-state index >= 15 is 0 Å². The molecule has 14 heavy (non-hydrogen) atoms. The molecule has 0 radical (unpaired) electrons. The van der Waals surface area contributed by atoms with Crippen molar-refractivity contribution < 1.29 is 0 Å². The molecule has 3 nitrogen and oxygen atoms in total. The monoisotopic (exact) mass is 197 g/mol. The number of nitrogens with two attached hydrogens (primary N) is 1. The van der Waals surface area contributed by atoms with E-state index in [0.717, 1.165) is 26.2 Å². The number of hydrogen-bond acceptors (Lipinski definition) is 3. The fraction of sp³-hybridized carbons (Fsp3) is 0.818. The van der Waals surface area contributed by atoms with Gasteiger partial charge in [0.25, 0.3) is 0 Å². The highest BCUT2D eigenvalue weighted by Crippen LogP contribution is 2.25. The summed E-state index contributed by atoms with van der Waals surface area (Å²) in [5.74, 6) is 0. The van der Waals surface area contributed by atoms with Crippen LogP contribution in [0.5, 0.6) is 0 Å². The van der Waals surface area contributed by atoms with Crippen molar-refractivity contribution in [2.45, 2.75) is 18.4 Å². The predicted molar refractivity (Wildman–Crippen MR) is 61.3 cm³/mol. The van der Waals surface area contributed by atoms with Crippen molar-refractivity contribution >= 4 is 0 Å². The van der Waals surface area contributed by atoms with Crippen LogP contribution in [-0.4, -0.2) is 55.6 Å². The summed E-state index contributed by atoms with van der Waals surface area (Å²) in [4.78, 5) is 4.72. The second-order valence-electron chi connectivity index (χ2n) is 4.41. The lowest BCUT2D eigenvalue weighted by molar-refractivity contribution is 0.0679. The minimum Gasteiger partial charge on any atom is -0.329 e. The van der Waals surface area contributed by atoms with Gasteiger partial charge < -0.3 is 10.6 Å². The van der Waals surface area contributed by atoms with Crippen LogP contribution in [0.1, 0.15) is 12.8 Å². The normalized spacial score (nSPS) is 22.6. The van der Waals surface area contributed by atoms with Crippen molar-refractivity contribution in [3.05, 3.63) is 12.7 Å². The molecule has 0 bridgehead atoms. The molecule has 1 aliphatic rings. The average molecular weight is 197 g/mol. The van der Waals surface area contributed by atoms with Crippen LogP contribution >= 0.6 is 0 Å². The summed E-state index contributed by atoms with van der Waals surface area (Å²) >= 11 is 0. The molecule has 0 saturated carbocycles. The van der Waals surface area contributed by atoms with Crippen molar-refractivity contribution in [3.8, 4) is 0 Å². The van der Waals surface area contributed by atoms with Gasteiger partial charge in [0.2, 0.25) is 0 Å². The van der Waals surface area contributed by atoms with Crippen LogP contribution in [0, 0.1) is 0 Å². The Hall–Kier alpha value is -0.380. The lowest BCUT2D eigenvalue weighted by atomic mass is 9.86. The van der Waals surface area contributed by atoms with Crippen LogP contribution in [0.15, 0.2) is 12.7 Å². The Kier molecular flexibility index (Phi) is 4.11. The highest BCUT2D eigenvalue weighted by atomic mass is 15.2. The van der Waals surface area contributed by atoms with Gasteiger partial charge in [-0.1, -0.05) is 6.08 Å². The predicted octanol–water partition coefficient (Wildman–Crippen LogP) is 0.527. The molecule has 1 saturated heterocycles. The summed E-state index contributed by atoms with van der Waals surface area (Å²) in [6, 6.07) is 0. The fourth-order valence-electron chi connectivity index (χ4n) is 2.17. The van der Waals surface area contributed by atoms with E-state index in [-0.39, 0.29) is 5.54 Å². The first-order valence-corrected chi connectivity index (χ1v) is 5.35. The van der Waals surface area contributed by atoms with Gasteiger partial charge in [-0.05, 0) is 26.9 Å². The maximum Gasteiger partial charge on any atom is 0.0349 e. The number of likely N-dealkylation sites (tertiary alicyclic amines) is 1. The number of hydrogen-bond donors (Lipinski definition) is 1. The maximum absolute atomic E-state index is 5.88. The minimum atomic E-state index is 0.234. The topological polar surface area (TPSA) is 32.5 Å². The molecule has 2 N–H and O–H groups in total. The van der Waals surface area contributed by atoms with E-state index in [1.807, 2.05) is 6.08 Å². The second kappa shape index (κ2) is 4.91. The van der Waals surface area contributed by atoms with Gasteiger partial charge >= 0.3 is 0 Å². The number of likely N-dealkylation sites (N-methyl/N-ethyl adjacent to an activating group) is 1. The molecule has 1 heterocycles. The lowest BCUT2D eigenvalue weighted by Crippen LogP contribution is -2.56. The first-order chi connectivity index (χ1) is 6.64. The number of piperidine rings is 1. The van der Waals surface area contributed by atoms with Crippen molar-refractivity contribution in [2.24, 2.45) is 5.73 Å². The third-order valence-electron chi connectivity index (χ3n) is 3.50. The molecule has 0 aromatic rings. The molecular weight excluding hydrogens is 174 g/mol. The van der Waals surface area contributed by atoms with Crippen LogP contribution in [-0.2, 0) is 0 Å². The zero-order valence-corrected chi connectivity index (χ0v) is 9.50. The summed E-state index contributed by atoms with van der Waals surface area (Å²) in [6.45, 7) is 7.82. The van der Waals surface area contributed by atoms with Gasteiger partial charge in [0.05, 0.1) is 0 Å². The van der Waals surface area contributed by atoms with Crippen LogP contribution in [0.2, 0.25) is 0 Å². The van der Waals surface area contributed by atoms with E-state index in [1.54, 1.807) is 0 Å². The Morgan fingerprint density at radius 2 is 2.00 bits per heavy atom. The zero-order chi connectivity index (χ0) is 10.6. The van der Waals surface area contributed by atoms with Crippen LogP contribution < -0.4 is 5.73 Å². The van der Waals surface area contributed by atoms with E-state index in [0.29, 0.717) is 0 Å². The van der Waals surface area contributed by atoms with Crippen LogP contribution in [0.3, 0.4) is 0 Å². The number of nitrogens with zero attached hydrogens (tertiary/aromatic N) is 2. The van der Waals surface area contributed by atoms with Crippen molar-refractivity contribution in [1.82, 2.24) is 9.80 Å². The Labute approximate surface area is 87.6 Å². The zero-order valence-electron chi connectivity index (χ0n) is 9.50. The molecule has 0 amide bonds. The number of rotatable bonds is 4. The molecule has 0 atom stereocenters. The summed E-state index contributed by atoms with van der Waals surface area (Å²) < 4.78 is 0. The third kappa shape index (κ3) is 2.35. The smallest absolute Gasteiger partial charge is 0.0349 e. The Morgan fingerprint density at radius 1 is 1.43 bits per heavy atom. The molecule has 1 rings (SSSR count). The molecule has 0 aliphatic carbocycles. The van der Waals surface area contributed by atoms with Gasteiger partial charge in [-0.3, -0.25) is 4.90 Å². The molecule has 0 unspecified atom stereocenters. The van der Waals surface area contributed by atoms with Crippen molar-refractivity contribution in [1.29, 1.82) is 0 Å². The molecule has 1 aliphatic heterocycles. The minimum absolute atomic E-state index is 0.234. The average Bonchev–Trinajstić information content (AvgIpc) is 2.19. The van der Waals surface area contributed by atoms with Gasteiger partial charge in [-0.25, -0.2) is 0 Å². The largest absolute Gasteiger partial charge is 0.329 e. The highest BCUT2D eigenvalue weighted by molar-refractivity contribution is 4.94. The van der Waals surface area contributed by atoms with E-state index in [1.165, 1.54) is 12.8 Å². The van der Waals surface area contributed by atoms with Crippen molar-refractivity contribution in [3.63, 3.8) is 0 Å². The SMILES string of the molecule is C=CCN1CCC(CN)(N(C)C)CC1. The van der Waals surface area contributed by atoms with E-state index in [9.17, 15) is 0 Å². The Morgan fingerprint density at radius 3 is 2.36 bits per heavy atom. The lowest BCUT2D eigenvalue weighted by Gasteiger charge is -2.45. The van der Waals surface area contributed by atoms with E-state index in [4.69, 9.17) is 5.73 Å². The third-order valence-corrected chi connectivity index (χ3v) is 3.50. The molecule has 0 aromatic carbocycles. The molecule has 0 aromatic heterocycles. The summed E-state index contributed by atoms with van der Waals surface area (Å²) in [6.07, 6.45) is 4.32. The molecule has 0 spiro atoms. The van der Waals surface area contributed by atoms with Gasteiger partial charge in [-0.2, -0.15) is 0 Å². The molecular formula is C11H23N3. The van der Waals surface area contributed by atoms with E-state index in [2.05, 4.69) is 30.5 Å². The quantitative estimate of drug-likeness (QED) is 0.667. The Bertz CT molecular complexity index is 181. The maximum atomic E-state index is 5.88. The first-order valence-electron chi connectivity index (χ1n) is 5.35. The first kappa shape index (κ1) is 11.7. The standard InChI is InChI=1S/C11H23N3/c1-4-7-14-8-5-11(10-12,6-9-14)13(2)3/h4H,1,5-10,12H2,2-3H3. The van der Waals surface area contributed by atoms with E-state index < -0.39 is 0 Å². The van der Waals surface area contributed by atoms with Crippen LogP contribution in [0.25, 0.3) is 0 Å². The fourth-order valence-corrected chi connectivity index (χ4v) is 2.17. The van der Waals surface area contributed by atoms with Gasteiger partial charge in [0.15, 0.2) is 0 Å².